The first-order valence-electron chi connectivity index (χ1n) is 10.5. The van der Waals surface area contributed by atoms with Crippen molar-refractivity contribution in [3.8, 4) is 17.2 Å². The molecule has 0 saturated carbocycles. The van der Waals surface area contributed by atoms with Crippen molar-refractivity contribution in [3.05, 3.63) is 53.8 Å². The van der Waals surface area contributed by atoms with Crippen molar-refractivity contribution in [3.63, 3.8) is 0 Å². The van der Waals surface area contributed by atoms with Gasteiger partial charge in [-0.05, 0) is 32.0 Å². The fourth-order valence-corrected chi connectivity index (χ4v) is 4.16. The van der Waals surface area contributed by atoms with Crippen molar-refractivity contribution in [1.82, 2.24) is 4.90 Å². The molecule has 0 aliphatic carbocycles. The third-order valence-corrected chi connectivity index (χ3v) is 5.59. The number of hydrogen-bond acceptors (Lipinski definition) is 6. The highest BCUT2D eigenvalue weighted by Crippen LogP contribution is 2.41. The second-order valence-electron chi connectivity index (χ2n) is 8.56. The molecule has 2 aromatic rings. The zero-order valence-electron chi connectivity index (χ0n) is 18.3. The van der Waals surface area contributed by atoms with Gasteiger partial charge in [-0.15, -0.1) is 0 Å². The summed E-state index contributed by atoms with van der Waals surface area (Å²) in [5.41, 5.74) is 0.681. The lowest BCUT2D eigenvalue weighted by Crippen LogP contribution is -2.43. The molecular formula is C24H26FNO6. The number of methoxy groups -OCH3 is 1. The molecular weight excluding hydrogens is 417 g/mol. The number of hydrogen-bond donors (Lipinski definition) is 0. The van der Waals surface area contributed by atoms with E-state index < -0.39 is 29.8 Å². The summed E-state index contributed by atoms with van der Waals surface area (Å²) in [4.78, 5) is 26.6. The zero-order chi connectivity index (χ0) is 22.9. The molecule has 0 N–H and O–H groups in total. The van der Waals surface area contributed by atoms with Crippen LogP contribution in [-0.2, 0) is 20.7 Å². The lowest BCUT2D eigenvalue weighted by molar-refractivity contribution is -0.151. The van der Waals surface area contributed by atoms with E-state index in [1.165, 1.54) is 24.1 Å². The van der Waals surface area contributed by atoms with E-state index in [2.05, 4.69) is 0 Å². The standard InChI is InChI=1S/C24H26FNO6/c1-24(2)12-15-7-6-10-20(22(15)32-24)30-14-21(27)26-13-16(11-18(26)23(28)29-3)31-19-9-5-4-8-17(19)25/h4-10,16,18H,11-14H2,1-3H3. The van der Waals surface area contributed by atoms with E-state index in [0.717, 1.165) is 12.0 Å². The number of esters is 1. The van der Waals surface area contributed by atoms with Crippen LogP contribution in [0, 0.1) is 5.82 Å². The molecule has 7 nitrogen and oxygen atoms in total. The average molecular weight is 443 g/mol. The SMILES string of the molecule is COC(=O)C1CC(Oc2ccccc2F)CN1C(=O)COc1cccc2c1OC(C)(C)C2. The lowest BCUT2D eigenvalue weighted by Gasteiger charge is -2.23. The van der Waals surface area contributed by atoms with Crippen LogP contribution in [0.5, 0.6) is 17.2 Å². The van der Waals surface area contributed by atoms with Crippen LogP contribution >= 0.6 is 0 Å². The van der Waals surface area contributed by atoms with Crippen LogP contribution in [0.1, 0.15) is 25.8 Å². The number of fused-ring (bicyclic) bond motifs is 1. The van der Waals surface area contributed by atoms with Crippen LogP contribution in [0.2, 0.25) is 0 Å². The van der Waals surface area contributed by atoms with Crippen molar-refractivity contribution in [2.45, 2.75) is 44.4 Å². The summed E-state index contributed by atoms with van der Waals surface area (Å²) in [7, 11) is 1.26. The Balaban J connectivity index is 1.44. The first kappa shape index (κ1) is 21.9. The summed E-state index contributed by atoms with van der Waals surface area (Å²) >= 11 is 0. The van der Waals surface area contributed by atoms with Gasteiger partial charge in [0.25, 0.3) is 5.91 Å². The van der Waals surface area contributed by atoms with Crippen LogP contribution in [0.25, 0.3) is 0 Å². The first-order valence-corrected chi connectivity index (χ1v) is 10.5. The van der Waals surface area contributed by atoms with E-state index in [9.17, 15) is 14.0 Å². The van der Waals surface area contributed by atoms with Crippen molar-refractivity contribution >= 4 is 11.9 Å². The molecule has 2 aliphatic heterocycles. The second-order valence-corrected chi connectivity index (χ2v) is 8.56. The third kappa shape index (κ3) is 4.49. The number of carbonyl (C=O) groups is 2. The average Bonchev–Trinajstić information content (AvgIpc) is 3.32. The van der Waals surface area contributed by atoms with Gasteiger partial charge in [-0.3, -0.25) is 4.79 Å². The highest BCUT2D eigenvalue weighted by atomic mass is 19.1. The second kappa shape index (κ2) is 8.68. The number of rotatable bonds is 6. The fraction of sp³-hybridized carbons (Fsp3) is 0.417. The van der Waals surface area contributed by atoms with Crippen molar-refractivity contribution in [1.29, 1.82) is 0 Å². The molecule has 2 unspecified atom stereocenters. The number of nitrogens with zero attached hydrogens (tertiary/aromatic N) is 1. The van der Waals surface area contributed by atoms with Gasteiger partial charge in [0.15, 0.2) is 29.7 Å². The van der Waals surface area contributed by atoms with Gasteiger partial charge >= 0.3 is 5.97 Å². The number of para-hydroxylation sites is 2. The predicted octanol–water partition coefficient (Wildman–Crippen LogP) is 3.14. The Kier molecular flexibility index (Phi) is 5.95. The van der Waals surface area contributed by atoms with Gasteiger partial charge in [0, 0.05) is 18.4 Å². The molecule has 0 aromatic heterocycles. The molecule has 0 bridgehead atoms. The number of likely N-dealkylation sites (tertiary alicyclic amines) is 1. The van der Waals surface area contributed by atoms with E-state index in [-0.39, 0.29) is 30.9 Å². The minimum Gasteiger partial charge on any atom is -0.485 e. The zero-order valence-corrected chi connectivity index (χ0v) is 18.3. The van der Waals surface area contributed by atoms with Crippen LogP contribution in [0.4, 0.5) is 4.39 Å². The Morgan fingerprint density at radius 3 is 2.66 bits per heavy atom. The van der Waals surface area contributed by atoms with Crippen LogP contribution < -0.4 is 14.2 Å². The molecule has 0 spiro atoms. The summed E-state index contributed by atoms with van der Waals surface area (Å²) in [6.45, 7) is 3.82. The Labute approximate surface area is 186 Å². The molecule has 170 valence electrons. The van der Waals surface area contributed by atoms with Gasteiger partial charge in [0.1, 0.15) is 17.7 Å². The number of ether oxygens (including phenoxy) is 4. The smallest absolute Gasteiger partial charge is 0.328 e. The van der Waals surface area contributed by atoms with Crippen LogP contribution in [-0.4, -0.2) is 54.8 Å². The third-order valence-electron chi connectivity index (χ3n) is 5.59. The molecule has 4 rings (SSSR count). The molecule has 1 amide bonds. The van der Waals surface area contributed by atoms with Crippen molar-refractivity contribution in [2.75, 3.05) is 20.3 Å². The van der Waals surface area contributed by atoms with Gasteiger partial charge < -0.3 is 23.8 Å². The molecule has 2 aromatic carbocycles. The summed E-state index contributed by atoms with van der Waals surface area (Å²) in [5.74, 6) is -0.257. The van der Waals surface area contributed by atoms with Crippen molar-refractivity contribution in [2.24, 2.45) is 0 Å². The monoisotopic (exact) mass is 443 g/mol. The Bertz CT molecular complexity index is 1020. The van der Waals surface area contributed by atoms with E-state index in [0.29, 0.717) is 11.5 Å². The maximum absolute atomic E-state index is 14.0. The molecule has 1 fully saturated rings. The normalized spacial score (nSPS) is 20.9. The topological polar surface area (TPSA) is 74.3 Å². The van der Waals surface area contributed by atoms with E-state index in [1.54, 1.807) is 18.2 Å². The Morgan fingerprint density at radius 2 is 1.91 bits per heavy atom. The lowest BCUT2D eigenvalue weighted by atomic mass is 10.0. The van der Waals surface area contributed by atoms with Gasteiger partial charge in [-0.1, -0.05) is 24.3 Å². The largest absolute Gasteiger partial charge is 0.485 e. The highest BCUT2D eigenvalue weighted by Gasteiger charge is 2.42. The highest BCUT2D eigenvalue weighted by molar-refractivity contribution is 5.86. The Morgan fingerprint density at radius 1 is 1.16 bits per heavy atom. The molecule has 8 heteroatoms. The number of amides is 1. The molecule has 0 radical (unpaired) electrons. The Hall–Kier alpha value is -3.29. The molecule has 2 atom stereocenters. The van der Waals surface area contributed by atoms with Gasteiger partial charge in [0.05, 0.1) is 13.7 Å². The van der Waals surface area contributed by atoms with E-state index in [1.807, 2.05) is 26.0 Å². The minimum absolute atomic E-state index is 0.0753. The first-order chi connectivity index (χ1) is 15.3. The van der Waals surface area contributed by atoms with Crippen LogP contribution in [0.3, 0.4) is 0 Å². The number of benzene rings is 2. The molecule has 1 saturated heterocycles. The van der Waals surface area contributed by atoms with Crippen molar-refractivity contribution < 1.29 is 32.9 Å². The minimum atomic E-state index is -0.829. The number of carbonyl (C=O) groups excluding carboxylic acids is 2. The van der Waals surface area contributed by atoms with Crippen LogP contribution in [0.15, 0.2) is 42.5 Å². The summed E-state index contributed by atoms with van der Waals surface area (Å²) in [6, 6.07) is 10.8. The fourth-order valence-electron chi connectivity index (χ4n) is 4.16. The maximum atomic E-state index is 14.0. The summed E-state index contributed by atoms with van der Waals surface area (Å²) < 4.78 is 36.3. The molecule has 32 heavy (non-hydrogen) atoms. The van der Waals surface area contributed by atoms with E-state index >= 15 is 0 Å². The molecule has 2 heterocycles. The quantitative estimate of drug-likeness (QED) is 0.639. The summed E-state index contributed by atoms with van der Waals surface area (Å²) in [5, 5.41) is 0. The summed E-state index contributed by atoms with van der Waals surface area (Å²) in [6.07, 6.45) is 0.397. The van der Waals surface area contributed by atoms with E-state index in [4.69, 9.17) is 18.9 Å². The van der Waals surface area contributed by atoms with Gasteiger partial charge in [0.2, 0.25) is 0 Å². The van der Waals surface area contributed by atoms with Gasteiger partial charge in [-0.2, -0.15) is 0 Å². The predicted molar refractivity (Wildman–Crippen MR) is 113 cm³/mol. The maximum Gasteiger partial charge on any atom is 0.328 e. The number of halogens is 1. The molecule has 2 aliphatic rings. The van der Waals surface area contributed by atoms with Gasteiger partial charge in [-0.25, -0.2) is 9.18 Å².